The van der Waals surface area contributed by atoms with E-state index in [1.807, 2.05) is 48.5 Å². The van der Waals surface area contributed by atoms with Gasteiger partial charge < -0.3 is 9.47 Å². The Bertz CT molecular complexity index is 727. The van der Waals surface area contributed by atoms with Gasteiger partial charge in [-0.25, -0.2) is 15.0 Å². The molecular formula is C17H15N3O2. The zero-order valence-electron chi connectivity index (χ0n) is 12.4. The van der Waals surface area contributed by atoms with Gasteiger partial charge in [0.2, 0.25) is 0 Å². The largest absolute Gasteiger partial charge is 0.497 e. The molecule has 3 aromatic rings. The van der Waals surface area contributed by atoms with Crippen LogP contribution in [-0.2, 0) is 0 Å². The van der Waals surface area contributed by atoms with Gasteiger partial charge >= 0.3 is 0 Å². The van der Waals surface area contributed by atoms with Crippen molar-refractivity contribution in [2.75, 3.05) is 14.2 Å². The fourth-order valence-corrected chi connectivity index (χ4v) is 2.10. The second-order valence-electron chi connectivity index (χ2n) is 4.60. The van der Waals surface area contributed by atoms with Crippen molar-refractivity contribution in [1.29, 1.82) is 0 Å². The maximum atomic E-state index is 5.23. The van der Waals surface area contributed by atoms with E-state index >= 15 is 0 Å². The fraction of sp³-hybridized carbons (Fsp3) is 0.118. The number of methoxy groups -OCH3 is 2. The van der Waals surface area contributed by atoms with E-state index in [0.29, 0.717) is 11.6 Å². The quantitative estimate of drug-likeness (QED) is 0.739. The number of ether oxygens (including phenoxy) is 2. The monoisotopic (exact) mass is 293 g/mol. The molecule has 1 heterocycles. The summed E-state index contributed by atoms with van der Waals surface area (Å²) in [5.74, 6) is 2.74. The van der Waals surface area contributed by atoms with Crippen LogP contribution in [0.4, 0.5) is 0 Å². The first-order valence-corrected chi connectivity index (χ1v) is 6.78. The third-order valence-electron chi connectivity index (χ3n) is 3.23. The predicted molar refractivity (Wildman–Crippen MR) is 83.8 cm³/mol. The van der Waals surface area contributed by atoms with Crippen molar-refractivity contribution in [3.8, 4) is 34.3 Å². The average Bonchev–Trinajstić information content (AvgIpc) is 2.62. The van der Waals surface area contributed by atoms with Crippen LogP contribution in [0, 0.1) is 0 Å². The van der Waals surface area contributed by atoms with Crippen molar-refractivity contribution >= 4 is 0 Å². The smallest absolute Gasteiger partial charge is 0.163 e. The molecule has 2 aromatic carbocycles. The van der Waals surface area contributed by atoms with Gasteiger partial charge in [-0.2, -0.15) is 0 Å². The average molecular weight is 293 g/mol. The lowest BCUT2D eigenvalue weighted by molar-refractivity contribution is 0.415. The Morgan fingerprint density at radius 2 is 1.23 bits per heavy atom. The molecule has 110 valence electrons. The normalized spacial score (nSPS) is 10.3. The second kappa shape index (κ2) is 6.22. The van der Waals surface area contributed by atoms with Crippen LogP contribution >= 0.6 is 0 Å². The van der Waals surface area contributed by atoms with Crippen LogP contribution < -0.4 is 9.47 Å². The van der Waals surface area contributed by atoms with Gasteiger partial charge in [-0.1, -0.05) is 24.3 Å². The molecule has 0 bridgehead atoms. The van der Waals surface area contributed by atoms with E-state index in [2.05, 4.69) is 15.0 Å². The predicted octanol–water partition coefficient (Wildman–Crippen LogP) is 3.22. The summed E-state index contributed by atoms with van der Waals surface area (Å²) in [6.07, 6.45) is 1.51. The number of hydrogen-bond acceptors (Lipinski definition) is 5. The molecule has 5 nitrogen and oxygen atoms in total. The number of rotatable bonds is 4. The summed E-state index contributed by atoms with van der Waals surface area (Å²) in [5.41, 5.74) is 1.76. The minimum Gasteiger partial charge on any atom is -0.497 e. The van der Waals surface area contributed by atoms with Crippen molar-refractivity contribution in [2.45, 2.75) is 0 Å². The van der Waals surface area contributed by atoms with E-state index in [9.17, 15) is 0 Å². The zero-order valence-corrected chi connectivity index (χ0v) is 12.4. The number of benzene rings is 2. The summed E-state index contributed by atoms with van der Waals surface area (Å²) >= 11 is 0. The highest BCUT2D eigenvalue weighted by Gasteiger charge is 2.07. The molecule has 0 saturated heterocycles. The molecule has 0 unspecified atom stereocenters. The molecule has 0 saturated carbocycles. The summed E-state index contributed by atoms with van der Waals surface area (Å²) in [7, 11) is 3.27. The first kappa shape index (κ1) is 14.0. The van der Waals surface area contributed by atoms with Gasteiger partial charge in [-0.15, -0.1) is 0 Å². The Morgan fingerprint density at radius 3 is 1.68 bits per heavy atom. The molecule has 1 aromatic heterocycles. The highest BCUT2D eigenvalue weighted by molar-refractivity contribution is 5.62. The van der Waals surface area contributed by atoms with Gasteiger partial charge in [0.15, 0.2) is 11.6 Å². The maximum Gasteiger partial charge on any atom is 0.163 e. The minimum absolute atomic E-state index is 0.603. The van der Waals surface area contributed by atoms with Gasteiger partial charge in [0.1, 0.15) is 17.8 Å². The van der Waals surface area contributed by atoms with Crippen LogP contribution in [0.3, 0.4) is 0 Å². The summed E-state index contributed by atoms with van der Waals surface area (Å²) in [6, 6.07) is 15.2. The van der Waals surface area contributed by atoms with Crippen molar-refractivity contribution in [2.24, 2.45) is 0 Å². The molecule has 0 amide bonds. The Labute approximate surface area is 128 Å². The summed E-state index contributed by atoms with van der Waals surface area (Å²) in [4.78, 5) is 13.0. The summed E-state index contributed by atoms with van der Waals surface area (Å²) < 4.78 is 10.5. The Hall–Kier alpha value is -2.95. The summed E-state index contributed by atoms with van der Waals surface area (Å²) in [6.45, 7) is 0. The third kappa shape index (κ3) is 2.88. The van der Waals surface area contributed by atoms with Gasteiger partial charge in [0, 0.05) is 11.1 Å². The molecule has 0 radical (unpaired) electrons. The fourth-order valence-electron chi connectivity index (χ4n) is 2.10. The Kier molecular flexibility index (Phi) is 3.96. The third-order valence-corrected chi connectivity index (χ3v) is 3.23. The lowest BCUT2D eigenvalue weighted by Gasteiger charge is -2.06. The van der Waals surface area contributed by atoms with Crippen LogP contribution in [0.25, 0.3) is 22.8 Å². The van der Waals surface area contributed by atoms with Crippen molar-refractivity contribution in [3.63, 3.8) is 0 Å². The molecule has 22 heavy (non-hydrogen) atoms. The lowest BCUT2D eigenvalue weighted by atomic mass is 10.2. The molecule has 0 aliphatic heterocycles. The molecule has 0 spiro atoms. The van der Waals surface area contributed by atoms with Crippen LogP contribution in [-0.4, -0.2) is 29.2 Å². The Balaban J connectivity index is 2.01. The molecule has 0 atom stereocenters. The van der Waals surface area contributed by atoms with Gasteiger partial charge in [0.05, 0.1) is 14.2 Å². The van der Waals surface area contributed by atoms with Crippen molar-refractivity contribution in [3.05, 3.63) is 54.9 Å². The van der Waals surface area contributed by atoms with E-state index in [0.717, 1.165) is 22.6 Å². The first-order valence-electron chi connectivity index (χ1n) is 6.78. The first-order chi connectivity index (χ1) is 10.8. The molecular weight excluding hydrogens is 278 g/mol. The summed E-state index contributed by atoms with van der Waals surface area (Å²) in [5, 5.41) is 0. The molecule has 0 N–H and O–H groups in total. The van der Waals surface area contributed by atoms with E-state index < -0.39 is 0 Å². The van der Waals surface area contributed by atoms with Crippen LogP contribution in [0.1, 0.15) is 0 Å². The number of nitrogens with zero attached hydrogens (tertiary/aromatic N) is 3. The SMILES string of the molecule is COc1cccc(-c2ncnc(-c3cccc(OC)c3)n2)c1. The van der Waals surface area contributed by atoms with E-state index in [-0.39, 0.29) is 0 Å². The van der Waals surface area contributed by atoms with Gasteiger partial charge in [-0.3, -0.25) is 0 Å². The second-order valence-corrected chi connectivity index (χ2v) is 4.60. The molecule has 0 aliphatic carbocycles. The van der Waals surface area contributed by atoms with E-state index in [4.69, 9.17) is 9.47 Å². The number of hydrogen-bond donors (Lipinski definition) is 0. The topological polar surface area (TPSA) is 57.1 Å². The minimum atomic E-state index is 0.603. The van der Waals surface area contributed by atoms with Gasteiger partial charge in [-0.05, 0) is 24.3 Å². The van der Waals surface area contributed by atoms with Crippen LogP contribution in [0.2, 0.25) is 0 Å². The molecule has 3 rings (SSSR count). The van der Waals surface area contributed by atoms with E-state index in [1.54, 1.807) is 14.2 Å². The lowest BCUT2D eigenvalue weighted by Crippen LogP contribution is -1.96. The van der Waals surface area contributed by atoms with E-state index in [1.165, 1.54) is 6.33 Å². The highest BCUT2D eigenvalue weighted by atomic mass is 16.5. The highest BCUT2D eigenvalue weighted by Crippen LogP contribution is 2.24. The van der Waals surface area contributed by atoms with Crippen molar-refractivity contribution < 1.29 is 9.47 Å². The molecule has 0 aliphatic rings. The van der Waals surface area contributed by atoms with Crippen molar-refractivity contribution in [1.82, 2.24) is 15.0 Å². The number of aromatic nitrogens is 3. The van der Waals surface area contributed by atoms with Crippen LogP contribution in [0.5, 0.6) is 11.5 Å². The molecule has 5 heteroatoms. The standard InChI is InChI=1S/C17H15N3O2/c1-21-14-7-3-5-12(9-14)16-18-11-19-17(20-16)13-6-4-8-15(10-13)22-2/h3-11H,1-2H3. The maximum absolute atomic E-state index is 5.23. The molecule has 0 fully saturated rings. The zero-order chi connectivity index (χ0) is 15.4. The Morgan fingerprint density at radius 1 is 0.727 bits per heavy atom. The van der Waals surface area contributed by atoms with Crippen LogP contribution in [0.15, 0.2) is 54.9 Å². The van der Waals surface area contributed by atoms with Gasteiger partial charge in [0.25, 0.3) is 0 Å².